The Morgan fingerprint density at radius 2 is 1.92 bits per heavy atom. The number of primary amides is 1. The Morgan fingerprint density at radius 1 is 1.17 bits per heavy atom. The third-order valence-electron chi connectivity index (χ3n) is 3.90. The number of rotatable bonds is 6. The van der Waals surface area contributed by atoms with Crippen LogP contribution in [-0.2, 0) is 0 Å². The van der Waals surface area contributed by atoms with Crippen molar-refractivity contribution in [1.82, 2.24) is 9.88 Å². The summed E-state index contributed by atoms with van der Waals surface area (Å²) in [5.41, 5.74) is 8.84. The molecule has 0 radical (unpaired) electrons. The molecule has 124 valence electrons. The Balaban J connectivity index is 1.83. The van der Waals surface area contributed by atoms with Gasteiger partial charge in [-0.15, -0.1) is 0 Å². The second-order valence-electron chi connectivity index (χ2n) is 5.99. The number of aromatic nitrogens is 1. The summed E-state index contributed by atoms with van der Waals surface area (Å²) in [5, 5.41) is 0.839. The van der Waals surface area contributed by atoms with Gasteiger partial charge in [-0.2, -0.15) is 0 Å². The maximum absolute atomic E-state index is 11.5. The van der Waals surface area contributed by atoms with Crippen LogP contribution in [0.25, 0.3) is 22.2 Å². The Labute approximate surface area is 141 Å². The summed E-state index contributed by atoms with van der Waals surface area (Å²) in [6.45, 7) is 1.53. The van der Waals surface area contributed by atoms with Gasteiger partial charge in [-0.1, -0.05) is 6.07 Å². The number of nitrogens with zero attached hydrogens (tertiary/aromatic N) is 1. The van der Waals surface area contributed by atoms with Gasteiger partial charge in [0, 0.05) is 28.7 Å². The molecule has 3 aromatic rings. The van der Waals surface area contributed by atoms with Crippen LogP contribution in [0.1, 0.15) is 10.4 Å². The third-order valence-corrected chi connectivity index (χ3v) is 3.90. The van der Waals surface area contributed by atoms with Crippen LogP contribution in [0.2, 0.25) is 0 Å². The Kier molecular flexibility index (Phi) is 4.53. The van der Waals surface area contributed by atoms with Gasteiger partial charge in [0.25, 0.3) is 0 Å². The molecule has 5 heteroatoms. The van der Waals surface area contributed by atoms with Gasteiger partial charge in [0.15, 0.2) is 0 Å². The zero-order valence-corrected chi connectivity index (χ0v) is 13.9. The van der Waals surface area contributed by atoms with Gasteiger partial charge in [0.05, 0.1) is 0 Å². The molecule has 3 N–H and O–H groups in total. The van der Waals surface area contributed by atoms with E-state index in [9.17, 15) is 4.79 Å². The minimum absolute atomic E-state index is 0.421. The van der Waals surface area contributed by atoms with Gasteiger partial charge in [0.1, 0.15) is 12.4 Å². The van der Waals surface area contributed by atoms with Crippen molar-refractivity contribution < 1.29 is 9.53 Å². The number of benzene rings is 2. The molecule has 0 fully saturated rings. The fraction of sp³-hybridized carbons (Fsp3) is 0.211. The largest absolute Gasteiger partial charge is 0.492 e. The topological polar surface area (TPSA) is 71.3 Å². The smallest absolute Gasteiger partial charge is 0.249 e. The van der Waals surface area contributed by atoms with Crippen LogP contribution in [0.4, 0.5) is 0 Å². The molecule has 0 aliphatic carbocycles. The predicted molar refractivity (Wildman–Crippen MR) is 96.3 cm³/mol. The number of ether oxygens (including phenoxy) is 1. The fourth-order valence-corrected chi connectivity index (χ4v) is 2.60. The number of hydrogen-bond acceptors (Lipinski definition) is 3. The molecule has 0 spiro atoms. The molecule has 0 atom stereocenters. The van der Waals surface area contributed by atoms with E-state index in [-0.39, 0.29) is 0 Å². The van der Waals surface area contributed by atoms with E-state index >= 15 is 0 Å². The first-order chi connectivity index (χ1) is 11.5. The average molecular weight is 323 g/mol. The van der Waals surface area contributed by atoms with E-state index in [1.54, 1.807) is 6.07 Å². The monoisotopic (exact) mass is 323 g/mol. The lowest BCUT2D eigenvalue weighted by Gasteiger charge is -2.11. The number of hydrogen-bond donors (Lipinski definition) is 2. The molecule has 5 nitrogen and oxygen atoms in total. The van der Waals surface area contributed by atoms with Gasteiger partial charge in [0.2, 0.25) is 5.91 Å². The SMILES string of the molecule is CN(C)CCOc1ccc(-c2cc3c(C(N)=O)cccc3[nH]2)cc1. The number of aromatic amines is 1. The van der Waals surface area contributed by atoms with Crippen molar-refractivity contribution in [2.75, 3.05) is 27.2 Å². The van der Waals surface area contributed by atoms with Crippen LogP contribution >= 0.6 is 0 Å². The molecular weight excluding hydrogens is 302 g/mol. The highest BCUT2D eigenvalue weighted by atomic mass is 16.5. The average Bonchev–Trinajstić information content (AvgIpc) is 2.99. The highest BCUT2D eigenvalue weighted by Crippen LogP contribution is 2.27. The van der Waals surface area contributed by atoms with E-state index in [1.165, 1.54) is 0 Å². The standard InChI is InChI=1S/C19H21N3O2/c1-22(2)10-11-24-14-8-6-13(7-9-14)18-12-16-15(19(20)23)4-3-5-17(16)21-18/h3-9,12,21H,10-11H2,1-2H3,(H2,20,23). The van der Waals surface area contributed by atoms with E-state index in [2.05, 4.69) is 9.88 Å². The predicted octanol–water partition coefficient (Wildman–Crippen LogP) is 2.87. The van der Waals surface area contributed by atoms with Gasteiger partial charge in [-0.05, 0) is 62.1 Å². The van der Waals surface area contributed by atoms with Gasteiger partial charge >= 0.3 is 0 Å². The highest BCUT2D eigenvalue weighted by molar-refractivity contribution is 6.06. The summed E-state index contributed by atoms with van der Waals surface area (Å²) in [6.07, 6.45) is 0. The van der Waals surface area contributed by atoms with Crippen molar-refractivity contribution in [3.8, 4) is 17.0 Å². The first kappa shape index (κ1) is 16.1. The molecule has 1 heterocycles. The van der Waals surface area contributed by atoms with Crippen LogP contribution in [0.15, 0.2) is 48.5 Å². The number of carbonyl (C=O) groups is 1. The molecule has 0 saturated heterocycles. The molecule has 2 aromatic carbocycles. The van der Waals surface area contributed by atoms with Crippen molar-refractivity contribution in [3.63, 3.8) is 0 Å². The van der Waals surface area contributed by atoms with E-state index in [0.29, 0.717) is 12.2 Å². The van der Waals surface area contributed by atoms with E-state index in [4.69, 9.17) is 10.5 Å². The lowest BCUT2D eigenvalue weighted by Crippen LogP contribution is -2.19. The molecule has 24 heavy (non-hydrogen) atoms. The number of likely N-dealkylation sites (N-methyl/N-ethyl adjacent to an activating group) is 1. The molecule has 0 unspecified atom stereocenters. The minimum atomic E-state index is -0.421. The summed E-state index contributed by atoms with van der Waals surface area (Å²) >= 11 is 0. The minimum Gasteiger partial charge on any atom is -0.492 e. The van der Waals surface area contributed by atoms with Crippen LogP contribution < -0.4 is 10.5 Å². The van der Waals surface area contributed by atoms with Gasteiger partial charge in [-0.3, -0.25) is 4.79 Å². The number of H-pyrrole nitrogens is 1. The summed E-state index contributed by atoms with van der Waals surface area (Å²) in [5.74, 6) is 0.422. The van der Waals surface area contributed by atoms with Crippen molar-refractivity contribution >= 4 is 16.8 Å². The number of carbonyl (C=O) groups excluding carboxylic acids is 1. The second-order valence-corrected chi connectivity index (χ2v) is 5.99. The lowest BCUT2D eigenvalue weighted by molar-refractivity contribution is 0.100. The first-order valence-corrected chi connectivity index (χ1v) is 7.84. The normalized spacial score (nSPS) is 11.1. The number of fused-ring (bicyclic) bond motifs is 1. The second kappa shape index (κ2) is 6.76. The number of nitrogens with two attached hydrogens (primary N) is 1. The molecule has 0 bridgehead atoms. The quantitative estimate of drug-likeness (QED) is 0.733. The van der Waals surface area contributed by atoms with Gasteiger partial charge < -0.3 is 20.4 Å². The van der Waals surface area contributed by atoms with Crippen molar-refractivity contribution in [2.45, 2.75) is 0 Å². The molecule has 0 aliphatic rings. The van der Waals surface area contributed by atoms with Gasteiger partial charge in [-0.25, -0.2) is 0 Å². The lowest BCUT2D eigenvalue weighted by atomic mass is 10.1. The maximum atomic E-state index is 11.5. The number of nitrogens with one attached hydrogen (secondary N) is 1. The van der Waals surface area contributed by atoms with Crippen LogP contribution in [0.3, 0.4) is 0 Å². The molecular formula is C19H21N3O2. The summed E-state index contributed by atoms with van der Waals surface area (Å²) in [4.78, 5) is 16.9. The molecule has 3 rings (SSSR count). The van der Waals surface area contributed by atoms with E-state index in [1.807, 2.05) is 56.6 Å². The highest BCUT2D eigenvalue weighted by Gasteiger charge is 2.10. The van der Waals surface area contributed by atoms with E-state index < -0.39 is 5.91 Å². The third kappa shape index (κ3) is 3.41. The molecule has 0 saturated carbocycles. The number of amides is 1. The summed E-state index contributed by atoms with van der Waals surface area (Å²) in [7, 11) is 4.03. The van der Waals surface area contributed by atoms with Crippen molar-refractivity contribution in [1.29, 1.82) is 0 Å². The Hall–Kier alpha value is -2.79. The van der Waals surface area contributed by atoms with Crippen molar-refractivity contribution in [3.05, 3.63) is 54.1 Å². The Bertz CT molecular complexity index is 851. The summed E-state index contributed by atoms with van der Waals surface area (Å²) < 4.78 is 5.70. The Morgan fingerprint density at radius 3 is 2.58 bits per heavy atom. The maximum Gasteiger partial charge on any atom is 0.249 e. The zero-order chi connectivity index (χ0) is 17.1. The molecule has 1 aromatic heterocycles. The van der Waals surface area contributed by atoms with E-state index in [0.717, 1.165) is 34.5 Å². The first-order valence-electron chi connectivity index (χ1n) is 7.84. The van der Waals surface area contributed by atoms with Crippen LogP contribution in [-0.4, -0.2) is 43.0 Å². The van der Waals surface area contributed by atoms with Crippen molar-refractivity contribution in [2.24, 2.45) is 5.73 Å². The fourth-order valence-electron chi connectivity index (χ4n) is 2.60. The zero-order valence-electron chi connectivity index (χ0n) is 13.9. The summed E-state index contributed by atoms with van der Waals surface area (Å²) in [6, 6.07) is 15.4. The molecule has 1 amide bonds. The van der Waals surface area contributed by atoms with Crippen LogP contribution in [0, 0.1) is 0 Å². The van der Waals surface area contributed by atoms with Crippen LogP contribution in [0.5, 0.6) is 5.75 Å². The molecule has 0 aliphatic heterocycles.